The lowest BCUT2D eigenvalue weighted by Crippen LogP contribution is -2.51. The molecule has 1 rings (SSSR count). The number of rotatable bonds is 4. The van der Waals surface area contributed by atoms with Crippen molar-refractivity contribution in [3.63, 3.8) is 0 Å². The van der Waals surface area contributed by atoms with Crippen LogP contribution in [-0.2, 0) is 9.53 Å². The van der Waals surface area contributed by atoms with E-state index in [-0.39, 0.29) is 18.0 Å². The number of nitrogens with one attached hydrogen (secondary N) is 2. The van der Waals surface area contributed by atoms with Crippen LogP contribution in [0.5, 0.6) is 0 Å². The zero-order valence-corrected chi connectivity index (χ0v) is 12.9. The molecular formula is C15H28N2O3. The fourth-order valence-electron chi connectivity index (χ4n) is 2.59. The Hall–Kier alpha value is -1.26. The van der Waals surface area contributed by atoms with Crippen molar-refractivity contribution in [3.05, 3.63) is 0 Å². The third-order valence-corrected chi connectivity index (χ3v) is 3.85. The lowest BCUT2D eigenvalue weighted by molar-refractivity contribution is -0.143. The Kier molecular flexibility index (Phi) is 7.41. The summed E-state index contributed by atoms with van der Waals surface area (Å²) in [5.74, 6) is -0.390. The van der Waals surface area contributed by atoms with Crippen molar-refractivity contribution >= 4 is 12.0 Å². The maximum Gasteiger partial charge on any atom is 0.328 e. The van der Waals surface area contributed by atoms with Crippen LogP contribution in [0.1, 0.15) is 58.8 Å². The summed E-state index contributed by atoms with van der Waals surface area (Å²) in [7, 11) is 1.34. The van der Waals surface area contributed by atoms with Crippen LogP contribution in [0.15, 0.2) is 0 Å². The van der Waals surface area contributed by atoms with Gasteiger partial charge in [-0.25, -0.2) is 9.59 Å². The molecule has 1 atom stereocenters. The Balaban J connectivity index is 2.45. The van der Waals surface area contributed by atoms with E-state index in [9.17, 15) is 9.59 Å². The first-order valence-corrected chi connectivity index (χ1v) is 7.69. The van der Waals surface area contributed by atoms with E-state index < -0.39 is 12.0 Å². The maximum atomic E-state index is 12.0. The zero-order valence-electron chi connectivity index (χ0n) is 12.9. The van der Waals surface area contributed by atoms with Crippen molar-refractivity contribution in [1.82, 2.24) is 10.6 Å². The van der Waals surface area contributed by atoms with Gasteiger partial charge >= 0.3 is 12.0 Å². The van der Waals surface area contributed by atoms with E-state index in [1.54, 1.807) is 0 Å². The molecule has 0 spiro atoms. The second-order valence-electron chi connectivity index (χ2n) is 5.90. The summed E-state index contributed by atoms with van der Waals surface area (Å²) in [5, 5.41) is 5.72. The number of ether oxygens (including phenoxy) is 1. The van der Waals surface area contributed by atoms with Crippen molar-refractivity contribution in [3.8, 4) is 0 Å². The third-order valence-electron chi connectivity index (χ3n) is 3.85. The van der Waals surface area contributed by atoms with Gasteiger partial charge in [-0.1, -0.05) is 46.0 Å². The number of urea groups is 1. The van der Waals surface area contributed by atoms with E-state index in [0.717, 1.165) is 25.7 Å². The zero-order chi connectivity index (χ0) is 15.0. The number of hydrogen-bond acceptors (Lipinski definition) is 3. The summed E-state index contributed by atoms with van der Waals surface area (Å²) in [6, 6.07) is -0.631. The molecule has 1 aliphatic rings. The van der Waals surface area contributed by atoms with E-state index in [4.69, 9.17) is 4.74 Å². The molecule has 0 aromatic carbocycles. The van der Waals surface area contributed by atoms with Gasteiger partial charge in [-0.3, -0.25) is 0 Å². The average Bonchev–Trinajstić information content (AvgIpc) is 2.37. The highest BCUT2D eigenvalue weighted by Crippen LogP contribution is 2.17. The van der Waals surface area contributed by atoms with Crippen LogP contribution in [0.25, 0.3) is 0 Å². The lowest BCUT2D eigenvalue weighted by atomic mass is 9.97. The predicted octanol–water partition coefficient (Wildman–Crippen LogP) is 2.60. The van der Waals surface area contributed by atoms with Crippen LogP contribution in [0, 0.1) is 5.92 Å². The van der Waals surface area contributed by atoms with Crippen molar-refractivity contribution in [1.29, 1.82) is 0 Å². The minimum atomic E-state index is -0.589. The first kappa shape index (κ1) is 16.8. The second-order valence-corrected chi connectivity index (χ2v) is 5.90. The van der Waals surface area contributed by atoms with Gasteiger partial charge in [-0.15, -0.1) is 0 Å². The maximum absolute atomic E-state index is 12.0. The molecule has 0 saturated heterocycles. The van der Waals surface area contributed by atoms with Crippen LogP contribution in [0.4, 0.5) is 4.79 Å². The molecule has 0 aromatic rings. The number of hydrogen-bond donors (Lipinski definition) is 2. The first-order chi connectivity index (χ1) is 9.54. The quantitative estimate of drug-likeness (QED) is 0.780. The molecule has 0 bridgehead atoms. The number of methoxy groups -OCH3 is 1. The summed E-state index contributed by atoms with van der Waals surface area (Å²) < 4.78 is 4.72. The van der Waals surface area contributed by atoms with Crippen LogP contribution < -0.4 is 10.6 Å². The molecule has 1 unspecified atom stereocenters. The monoisotopic (exact) mass is 284 g/mol. The predicted molar refractivity (Wildman–Crippen MR) is 78.4 cm³/mol. The van der Waals surface area contributed by atoms with Gasteiger partial charge in [0.25, 0.3) is 0 Å². The van der Waals surface area contributed by atoms with E-state index in [0.29, 0.717) is 0 Å². The van der Waals surface area contributed by atoms with Crippen molar-refractivity contribution in [2.24, 2.45) is 5.92 Å². The minimum absolute atomic E-state index is 0.00512. The Labute approximate surface area is 121 Å². The fourth-order valence-corrected chi connectivity index (χ4v) is 2.59. The molecular weight excluding hydrogens is 256 g/mol. The molecule has 0 aliphatic heterocycles. The van der Waals surface area contributed by atoms with Gasteiger partial charge < -0.3 is 15.4 Å². The highest BCUT2D eigenvalue weighted by atomic mass is 16.5. The number of carbonyl (C=O) groups is 2. The third kappa shape index (κ3) is 5.80. The molecule has 2 N–H and O–H groups in total. The van der Waals surface area contributed by atoms with Crippen molar-refractivity contribution in [2.75, 3.05) is 7.11 Å². The van der Waals surface area contributed by atoms with Gasteiger partial charge in [-0.2, -0.15) is 0 Å². The van der Waals surface area contributed by atoms with Gasteiger partial charge in [0.2, 0.25) is 0 Å². The fraction of sp³-hybridized carbons (Fsp3) is 0.867. The van der Waals surface area contributed by atoms with E-state index in [1.165, 1.54) is 26.4 Å². The van der Waals surface area contributed by atoms with Crippen LogP contribution >= 0.6 is 0 Å². The normalized spacial score (nSPS) is 18.8. The molecule has 1 aliphatic carbocycles. The first-order valence-electron chi connectivity index (χ1n) is 7.69. The highest BCUT2D eigenvalue weighted by Gasteiger charge is 2.25. The average molecular weight is 284 g/mol. The molecule has 0 heterocycles. The van der Waals surface area contributed by atoms with E-state index >= 15 is 0 Å². The molecule has 5 nitrogen and oxygen atoms in total. The largest absolute Gasteiger partial charge is 0.467 e. The summed E-state index contributed by atoms with van der Waals surface area (Å²) >= 11 is 0. The number of carbonyl (C=O) groups excluding carboxylic acids is 2. The molecule has 5 heteroatoms. The highest BCUT2D eigenvalue weighted by molar-refractivity contribution is 5.83. The Bertz CT molecular complexity index is 310. The summed E-state index contributed by atoms with van der Waals surface area (Å²) in [6.07, 6.45) is 8.17. The van der Waals surface area contributed by atoms with Gasteiger partial charge in [0.1, 0.15) is 6.04 Å². The van der Waals surface area contributed by atoms with Crippen LogP contribution in [0.3, 0.4) is 0 Å². The topological polar surface area (TPSA) is 67.4 Å². The number of amides is 2. The minimum Gasteiger partial charge on any atom is -0.467 e. The standard InChI is InChI=1S/C15H28N2O3/c1-11(2)13(14(18)20-3)17-15(19)16-12-9-7-5-4-6-8-10-12/h11-13H,4-10H2,1-3H3,(H2,16,17,19). The van der Waals surface area contributed by atoms with Crippen molar-refractivity contribution < 1.29 is 14.3 Å². The smallest absolute Gasteiger partial charge is 0.328 e. The summed E-state index contributed by atoms with van der Waals surface area (Å²) in [6.45, 7) is 3.77. The van der Waals surface area contributed by atoms with Crippen LogP contribution in [0.2, 0.25) is 0 Å². The van der Waals surface area contributed by atoms with Gasteiger partial charge in [0.05, 0.1) is 7.11 Å². The van der Waals surface area contributed by atoms with Gasteiger partial charge in [-0.05, 0) is 18.8 Å². The Morgan fingerprint density at radius 2 is 1.60 bits per heavy atom. The molecule has 0 aromatic heterocycles. The SMILES string of the molecule is COC(=O)C(NC(=O)NC1CCCCCCC1)C(C)C. The number of esters is 1. The second kappa shape index (κ2) is 8.82. The van der Waals surface area contributed by atoms with Gasteiger partial charge in [0, 0.05) is 6.04 Å². The molecule has 1 fully saturated rings. The Morgan fingerprint density at radius 3 is 2.10 bits per heavy atom. The summed E-state index contributed by atoms with van der Waals surface area (Å²) in [4.78, 5) is 23.6. The molecule has 1 saturated carbocycles. The lowest BCUT2D eigenvalue weighted by Gasteiger charge is -2.24. The van der Waals surface area contributed by atoms with Gasteiger partial charge in [0.15, 0.2) is 0 Å². The Morgan fingerprint density at radius 1 is 1.05 bits per heavy atom. The van der Waals surface area contributed by atoms with E-state index in [1.807, 2.05) is 13.8 Å². The molecule has 116 valence electrons. The molecule has 0 radical (unpaired) electrons. The van der Waals surface area contributed by atoms with Crippen molar-refractivity contribution in [2.45, 2.75) is 70.9 Å². The summed E-state index contributed by atoms with van der Waals surface area (Å²) in [5.41, 5.74) is 0. The van der Waals surface area contributed by atoms with E-state index in [2.05, 4.69) is 10.6 Å². The molecule has 2 amide bonds. The van der Waals surface area contributed by atoms with Crippen LogP contribution in [-0.4, -0.2) is 31.2 Å². The molecule has 20 heavy (non-hydrogen) atoms.